The van der Waals surface area contributed by atoms with Gasteiger partial charge < -0.3 is 4.57 Å². The molecule has 0 spiro atoms. The van der Waals surface area contributed by atoms with E-state index in [4.69, 9.17) is 11.6 Å². The lowest BCUT2D eigenvalue weighted by atomic mass is 10.2. The first-order valence-corrected chi connectivity index (χ1v) is 5.93. The Morgan fingerprint density at radius 3 is 2.89 bits per heavy atom. The molecular formula is C13H11ClN4. The van der Waals surface area contributed by atoms with Crippen LogP contribution in [0.1, 0.15) is 5.56 Å². The maximum atomic E-state index is 6.15. The average molecular weight is 259 g/mol. The molecule has 3 heterocycles. The van der Waals surface area contributed by atoms with Gasteiger partial charge in [0.1, 0.15) is 11.3 Å². The van der Waals surface area contributed by atoms with Gasteiger partial charge in [-0.25, -0.2) is 9.97 Å². The maximum Gasteiger partial charge on any atom is 0.160 e. The van der Waals surface area contributed by atoms with Crippen molar-refractivity contribution in [3.63, 3.8) is 0 Å². The van der Waals surface area contributed by atoms with Crippen LogP contribution in [0.15, 0.2) is 30.7 Å². The summed E-state index contributed by atoms with van der Waals surface area (Å²) in [5, 5.41) is 0.590. The molecule has 0 N–H and O–H groups in total. The molecule has 0 saturated heterocycles. The summed E-state index contributed by atoms with van der Waals surface area (Å²) in [7, 11) is 1.93. The number of imidazole rings is 1. The highest BCUT2D eigenvalue weighted by atomic mass is 35.5. The third-order valence-corrected chi connectivity index (χ3v) is 3.16. The summed E-state index contributed by atoms with van der Waals surface area (Å²) in [6.45, 7) is 2.00. The highest BCUT2D eigenvalue weighted by molar-refractivity contribution is 6.33. The van der Waals surface area contributed by atoms with Crippen molar-refractivity contribution in [3.05, 3.63) is 41.3 Å². The first-order chi connectivity index (χ1) is 8.66. The number of hydrogen-bond donors (Lipinski definition) is 0. The van der Waals surface area contributed by atoms with Crippen molar-refractivity contribution in [3.8, 4) is 11.4 Å². The van der Waals surface area contributed by atoms with E-state index in [1.54, 1.807) is 12.4 Å². The molecule has 3 aromatic rings. The number of nitrogens with zero attached hydrogens (tertiary/aromatic N) is 4. The second-order valence-electron chi connectivity index (χ2n) is 4.21. The summed E-state index contributed by atoms with van der Waals surface area (Å²) in [5.41, 5.74) is 3.68. The second kappa shape index (κ2) is 4.07. The number of hydrogen-bond acceptors (Lipinski definition) is 3. The van der Waals surface area contributed by atoms with Crippen LogP contribution in [0, 0.1) is 6.92 Å². The summed E-state index contributed by atoms with van der Waals surface area (Å²) in [5.74, 6) is 0.801. The zero-order valence-corrected chi connectivity index (χ0v) is 10.8. The molecule has 0 radical (unpaired) electrons. The van der Waals surface area contributed by atoms with Gasteiger partial charge in [0.25, 0.3) is 0 Å². The Morgan fingerprint density at radius 1 is 1.28 bits per heavy atom. The molecule has 0 atom stereocenters. The number of rotatable bonds is 1. The Bertz CT molecular complexity index is 733. The van der Waals surface area contributed by atoms with E-state index in [0.717, 1.165) is 28.1 Å². The SMILES string of the molecule is Cc1cnc2c(c1)nc(-c1ccncc1Cl)n2C. The minimum absolute atomic E-state index is 0.590. The van der Waals surface area contributed by atoms with Gasteiger partial charge in [0.05, 0.1) is 5.02 Å². The Labute approximate surface area is 109 Å². The first kappa shape index (κ1) is 11.2. The van der Waals surface area contributed by atoms with Crippen LogP contribution >= 0.6 is 11.6 Å². The summed E-state index contributed by atoms with van der Waals surface area (Å²) >= 11 is 6.15. The smallest absolute Gasteiger partial charge is 0.160 e. The van der Waals surface area contributed by atoms with Crippen LogP contribution in [0.3, 0.4) is 0 Å². The van der Waals surface area contributed by atoms with E-state index in [1.165, 1.54) is 0 Å². The van der Waals surface area contributed by atoms with E-state index < -0.39 is 0 Å². The average Bonchev–Trinajstić information content (AvgIpc) is 2.67. The standard InChI is InChI=1S/C13H11ClN4/c1-8-5-11-13(16-6-8)18(2)12(17-11)9-3-4-15-7-10(9)14/h3-7H,1-2H3. The van der Waals surface area contributed by atoms with Crippen LogP contribution in [0.2, 0.25) is 5.02 Å². The molecule has 0 aliphatic carbocycles. The lowest BCUT2D eigenvalue weighted by Gasteiger charge is -2.03. The van der Waals surface area contributed by atoms with E-state index in [1.807, 2.05) is 36.9 Å². The van der Waals surface area contributed by atoms with Crippen molar-refractivity contribution in [2.75, 3.05) is 0 Å². The highest BCUT2D eigenvalue weighted by Gasteiger charge is 2.13. The van der Waals surface area contributed by atoms with Gasteiger partial charge >= 0.3 is 0 Å². The quantitative estimate of drug-likeness (QED) is 0.674. The second-order valence-corrected chi connectivity index (χ2v) is 4.61. The number of aryl methyl sites for hydroxylation is 2. The van der Waals surface area contributed by atoms with Crippen molar-refractivity contribution in [2.24, 2.45) is 7.05 Å². The monoisotopic (exact) mass is 258 g/mol. The van der Waals surface area contributed by atoms with Gasteiger partial charge in [-0.3, -0.25) is 4.98 Å². The van der Waals surface area contributed by atoms with Gasteiger partial charge in [0.2, 0.25) is 0 Å². The molecule has 0 aliphatic rings. The molecule has 0 aromatic carbocycles. The molecule has 0 saturated carbocycles. The minimum atomic E-state index is 0.590. The largest absolute Gasteiger partial charge is 0.312 e. The van der Waals surface area contributed by atoms with E-state index >= 15 is 0 Å². The van der Waals surface area contributed by atoms with E-state index in [-0.39, 0.29) is 0 Å². The molecular weight excluding hydrogens is 248 g/mol. The Kier molecular flexibility index (Phi) is 2.52. The molecule has 0 fully saturated rings. The Balaban J connectivity index is 2.31. The van der Waals surface area contributed by atoms with Crippen molar-refractivity contribution in [2.45, 2.75) is 6.92 Å². The van der Waals surface area contributed by atoms with Crippen LogP contribution < -0.4 is 0 Å². The Morgan fingerprint density at radius 2 is 2.11 bits per heavy atom. The molecule has 3 rings (SSSR count). The highest BCUT2D eigenvalue weighted by Crippen LogP contribution is 2.28. The normalized spacial score (nSPS) is 11.1. The molecule has 4 nitrogen and oxygen atoms in total. The van der Waals surface area contributed by atoms with E-state index in [9.17, 15) is 0 Å². The fraction of sp³-hybridized carbons (Fsp3) is 0.154. The zero-order valence-electron chi connectivity index (χ0n) is 10.1. The predicted octanol–water partition coefficient (Wildman–Crippen LogP) is 2.99. The van der Waals surface area contributed by atoms with Crippen molar-refractivity contribution >= 4 is 22.8 Å². The topological polar surface area (TPSA) is 43.6 Å². The minimum Gasteiger partial charge on any atom is -0.312 e. The van der Waals surface area contributed by atoms with Crippen molar-refractivity contribution in [1.82, 2.24) is 19.5 Å². The summed E-state index contributed by atoms with van der Waals surface area (Å²) in [4.78, 5) is 13.0. The number of halogens is 1. The van der Waals surface area contributed by atoms with Crippen LogP contribution in [-0.2, 0) is 7.05 Å². The molecule has 18 heavy (non-hydrogen) atoms. The number of pyridine rings is 2. The predicted molar refractivity (Wildman–Crippen MR) is 71.5 cm³/mol. The molecule has 0 unspecified atom stereocenters. The third kappa shape index (κ3) is 1.66. The summed E-state index contributed by atoms with van der Waals surface area (Å²) < 4.78 is 1.94. The molecule has 90 valence electrons. The van der Waals surface area contributed by atoms with Gasteiger partial charge in [-0.1, -0.05) is 11.6 Å². The van der Waals surface area contributed by atoms with Crippen LogP contribution in [0.25, 0.3) is 22.6 Å². The van der Waals surface area contributed by atoms with Gasteiger partial charge in [-0.05, 0) is 24.6 Å². The van der Waals surface area contributed by atoms with Crippen molar-refractivity contribution < 1.29 is 0 Å². The maximum absolute atomic E-state index is 6.15. The summed E-state index contributed by atoms with van der Waals surface area (Å²) in [6.07, 6.45) is 5.16. The van der Waals surface area contributed by atoms with Gasteiger partial charge in [-0.2, -0.15) is 0 Å². The van der Waals surface area contributed by atoms with Crippen LogP contribution in [-0.4, -0.2) is 19.5 Å². The molecule has 0 aliphatic heterocycles. The van der Waals surface area contributed by atoms with Gasteiger partial charge in [0.15, 0.2) is 5.65 Å². The fourth-order valence-corrected chi connectivity index (χ4v) is 2.18. The molecule has 3 aromatic heterocycles. The summed E-state index contributed by atoms with van der Waals surface area (Å²) in [6, 6.07) is 3.87. The molecule has 0 amide bonds. The van der Waals surface area contributed by atoms with Crippen molar-refractivity contribution in [1.29, 1.82) is 0 Å². The number of fused-ring (bicyclic) bond motifs is 1. The molecule has 5 heteroatoms. The number of aromatic nitrogens is 4. The van der Waals surface area contributed by atoms with Crippen LogP contribution in [0.5, 0.6) is 0 Å². The fourth-order valence-electron chi connectivity index (χ4n) is 1.97. The zero-order chi connectivity index (χ0) is 12.7. The van der Waals surface area contributed by atoms with Gasteiger partial charge in [-0.15, -0.1) is 0 Å². The molecule has 0 bridgehead atoms. The van der Waals surface area contributed by atoms with Gasteiger partial charge in [0, 0.05) is 31.2 Å². The van der Waals surface area contributed by atoms with E-state index in [2.05, 4.69) is 15.0 Å². The lowest BCUT2D eigenvalue weighted by Crippen LogP contribution is -1.94. The van der Waals surface area contributed by atoms with E-state index in [0.29, 0.717) is 5.02 Å². The lowest BCUT2D eigenvalue weighted by molar-refractivity contribution is 0.941. The van der Waals surface area contributed by atoms with Crippen LogP contribution in [0.4, 0.5) is 0 Å². The first-order valence-electron chi connectivity index (χ1n) is 5.56. The third-order valence-electron chi connectivity index (χ3n) is 2.86. The Hall–Kier alpha value is -1.94.